The maximum absolute atomic E-state index is 13.3. The van der Waals surface area contributed by atoms with Crippen molar-refractivity contribution in [2.45, 2.75) is 38.3 Å². The van der Waals surface area contributed by atoms with Gasteiger partial charge in [-0.15, -0.1) is 0 Å². The van der Waals surface area contributed by atoms with Gasteiger partial charge in [-0.3, -0.25) is 4.31 Å². The van der Waals surface area contributed by atoms with E-state index in [4.69, 9.17) is 16.3 Å². The summed E-state index contributed by atoms with van der Waals surface area (Å²) in [7, 11) is -0.664. The average Bonchev–Trinajstić information content (AvgIpc) is 3.12. The van der Waals surface area contributed by atoms with E-state index in [2.05, 4.69) is 15.2 Å². The van der Waals surface area contributed by atoms with Crippen LogP contribution in [0.3, 0.4) is 0 Å². The van der Waals surface area contributed by atoms with Crippen LogP contribution in [0.4, 0.5) is 5.69 Å². The van der Waals surface area contributed by atoms with Gasteiger partial charge in [0, 0.05) is 24.7 Å². The first-order valence-corrected chi connectivity index (χ1v) is 13.2. The van der Waals surface area contributed by atoms with Gasteiger partial charge in [0.1, 0.15) is 5.75 Å². The number of hydrogen-bond acceptors (Lipinski definition) is 5. The van der Waals surface area contributed by atoms with Crippen molar-refractivity contribution in [2.24, 2.45) is 16.1 Å². The van der Waals surface area contributed by atoms with Crippen molar-refractivity contribution < 1.29 is 13.2 Å². The molecule has 0 amide bonds. The van der Waals surface area contributed by atoms with E-state index < -0.39 is 10.2 Å². The summed E-state index contributed by atoms with van der Waals surface area (Å²) in [5, 5.41) is 10.3. The minimum atomic E-state index is -3.74. The highest BCUT2D eigenvalue weighted by atomic mass is 35.5. The summed E-state index contributed by atoms with van der Waals surface area (Å²) >= 11 is 6.85. The second-order valence-electron chi connectivity index (χ2n) is 8.98. The highest BCUT2D eigenvalue weighted by molar-refractivity contribution is 7.90. The Morgan fingerprint density at radius 2 is 1.88 bits per heavy atom. The summed E-state index contributed by atoms with van der Waals surface area (Å²) in [5.74, 6) is 1.08. The number of allylic oxidation sites excluding steroid dienone is 1. The maximum Gasteiger partial charge on any atom is 0.303 e. The Morgan fingerprint density at radius 3 is 2.59 bits per heavy atom. The molecule has 34 heavy (non-hydrogen) atoms. The van der Waals surface area contributed by atoms with E-state index in [9.17, 15) is 8.42 Å². The molecule has 10 heteroatoms. The number of H-pyrrole nitrogens is 1. The van der Waals surface area contributed by atoms with Crippen LogP contribution in [-0.2, 0) is 16.8 Å². The van der Waals surface area contributed by atoms with Gasteiger partial charge in [-0.1, -0.05) is 29.8 Å². The summed E-state index contributed by atoms with van der Waals surface area (Å²) in [6, 6.07) is 9.89. The van der Waals surface area contributed by atoms with Gasteiger partial charge in [0.2, 0.25) is 0 Å². The Labute approximate surface area is 204 Å². The summed E-state index contributed by atoms with van der Waals surface area (Å²) in [6.07, 6.45) is 7.21. The monoisotopic (exact) mass is 501 g/mol. The number of hydrogen-bond donors (Lipinski definition) is 1. The summed E-state index contributed by atoms with van der Waals surface area (Å²) in [5.41, 5.74) is 2.42. The zero-order valence-electron chi connectivity index (χ0n) is 19.2. The normalized spacial score (nSPS) is 22.5. The number of aromatic amines is 1. The lowest BCUT2D eigenvalue weighted by Gasteiger charge is -2.30. The fourth-order valence-electron chi connectivity index (χ4n) is 4.95. The number of benzene rings is 1. The van der Waals surface area contributed by atoms with E-state index in [-0.39, 0.29) is 18.6 Å². The third kappa shape index (κ3) is 4.16. The van der Waals surface area contributed by atoms with Crippen molar-refractivity contribution in [2.75, 3.05) is 24.9 Å². The molecule has 0 radical (unpaired) electrons. The van der Waals surface area contributed by atoms with Crippen LogP contribution in [0.25, 0.3) is 11.8 Å². The van der Waals surface area contributed by atoms with E-state index in [0.29, 0.717) is 17.3 Å². The van der Waals surface area contributed by atoms with Gasteiger partial charge in [-0.2, -0.15) is 23.0 Å². The Morgan fingerprint density at radius 1 is 1.15 bits per heavy atom. The van der Waals surface area contributed by atoms with Gasteiger partial charge in [0.05, 0.1) is 41.8 Å². The van der Waals surface area contributed by atoms with Crippen molar-refractivity contribution in [3.05, 3.63) is 57.7 Å². The number of anilines is 1. The van der Waals surface area contributed by atoms with Gasteiger partial charge >= 0.3 is 10.2 Å². The molecule has 8 nitrogen and oxygen atoms in total. The molecule has 1 aliphatic carbocycles. The SMILES string of the molecule is CN(C)S(=O)(=O)N1CC=C(Cl)C([C@H]2CC[C@H](Oc3ccccc3)CC2)=c2[nH]c3c(c21)CN=NC=3. The largest absolute Gasteiger partial charge is 0.490 e. The zero-order chi connectivity index (χ0) is 23.9. The van der Waals surface area contributed by atoms with E-state index in [1.165, 1.54) is 22.7 Å². The van der Waals surface area contributed by atoms with E-state index in [0.717, 1.165) is 53.3 Å². The molecule has 0 spiro atoms. The van der Waals surface area contributed by atoms with Crippen LogP contribution in [0.15, 0.2) is 51.7 Å². The van der Waals surface area contributed by atoms with Crippen molar-refractivity contribution in [3.63, 3.8) is 0 Å². The molecule has 180 valence electrons. The van der Waals surface area contributed by atoms with Gasteiger partial charge in [-0.25, -0.2) is 0 Å². The molecule has 2 aromatic rings. The molecule has 1 aromatic carbocycles. The van der Waals surface area contributed by atoms with Crippen LogP contribution in [-0.4, -0.2) is 44.5 Å². The van der Waals surface area contributed by atoms with Gasteiger partial charge in [-0.05, 0) is 55.4 Å². The highest BCUT2D eigenvalue weighted by Crippen LogP contribution is 2.38. The topological polar surface area (TPSA) is 90.4 Å². The third-order valence-corrected chi connectivity index (χ3v) is 8.85. The second-order valence-corrected chi connectivity index (χ2v) is 11.5. The van der Waals surface area contributed by atoms with E-state index in [1.807, 2.05) is 30.3 Å². The highest BCUT2D eigenvalue weighted by Gasteiger charge is 2.34. The van der Waals surface area contributed by atoms with Crippen LogP contribution in [0.2, 0.25) is 0 Å². The van der Waals surface area contributed by atoms with Crippen molar-refractivity contribution in [1.82, 2.24) is 9.29 Å². The summed E-state index contributed by atoms with van der Waals surface area (Å²) in [4.78, 5) is 3.44. The zero-order valence-corrected chi connectivity index (χ0v) is 20.8. The van der Waals surface area contributed by atoms with Crippen molar-refractivity contribution in [3.8, 4) is 5.75 Å². The average molecular weight is 502 g/mol. The number of fused-ring (bicyclic) bond motifs is 3. The van der Waals surface area contributed by atoms with Crippen LogP contribution in [0, 0.1) is 5.92 Å². The number of aromatic nitrogens is 1. The Hall–Kier alpha value is -2.62. The number of para-hydroxylation sites is 1. The quantitative estimate of drug-likeness (QED) is 0.681. The molecule has 3 heterocycles. The fourth-order valence-corrected chi connectivity index (χ4v) is 6.36. The van der Waals surface area contributed by atoms with Crippen LogP contribution in [0.5, 0.6) is 5.75 Å². The van der Waals surface area contributed by atoms with E-state index in [1.54, 1.807) is 12.3 Å². The Balaban J connectivity index is 1.54. The molecular formula is C24H28ClN5O3S. The van der Waals surface area contributed by atoms with Gasteiger partial charge in [0.15, 0.2) is 0 Å². The molecule has 1 saturated carbocycles. The fraction of sp³-hybridized carbons (Fsp3) is 0.417. The number of halogens is 1. The number of nitrogens with one attached hydrogen (secondary N) is 1. The lowest BCUT2D eigenvalue weighted by atomic mass is 9.81. The Kier molecular flexibility index (Phi) is 6.26. The lowest BCUT2D eigenvalue weighted by molar-refractivity contribution is 0.143. The number of azo groups is 1. The molecular weight excluding hydrogens is 474 g/mol. The number of nitrogens with zero attached hydrogens (tertiary/aromatic N) is 4. The first kappa shape index (κ1) is 23.1. The molecule has 1 N–H and O–H groups in total. The molecule has 0 unspecified atom stereocenters. The molecule has 3 aliphatic rings. The minimum absolute atomic E-state index is 0.153. The smallest absolute Gasteiger partial charge is 0.303 e. The third-order valence-electron chi connectivity index (χ3n) is 6.69. The molecule has 0 saturated heterocycles. The second kappa shape index (κ2) is 9.20. The molecule has 5 rings (SSSR count). The number of rotatable bonds is 5. The van der Waals surface area contributed by atoms with Crippen LogP contribution in [0.1, 0.15) is 31.2 Å². The molecule has 1 aromatic heterocycles. The molecule has 0 atom stereocenters. The van der Waals surface area contributed by atoms with Gasteiger partial charge < -0.3 is 9.72 Å². The molecule has 0 bridgehead atoms. The first-order chi connectivity index (χ1) is 16.4. The number of ether oxygens (including phenoxy) is 1. The van der Waals surface area contributed by atoms with E-state index >= 15 is 0 Å². The van der Waals surface area contributed by atoms with Crippen LogP contribution >= 0.6 is 11.6 Å². The predicted octanol–water partition coefficient (Wildman–Crippen LogP) is 3.26. The lowest BCUT2D eigenvalue weighted by Crippen LogP contribution is -2.42. The molecule has 1 fully saturated rings. The minimum Gasteiger partial charge on any atom is -0.490 e. The van der Waals surface area contributed by atoms with Gasteiger partial charge in [0.25, 0.3) is 0 Å². The molecule has 2 aliphatic heterocycles. The van der Waals surface area contributed by atoms with Crippen LogP contribution < -0.4 is 19.7 Å². The van der Waals surface area contributed by atoms with Crippen molar-refractivity contribution >= 4 is 39.3 Å². The Bertz CT molecular complexity index is 1360. The maximum atomic E-state index is 13.3. The predicted molar refractivity (Wildman–Crippen MR) is 133 cm³/mol. The summed E-state index contributed by atoms with van der Waals surface area (Å²) < 4.78 is 35.4. The summed E-state index contributed by atoms with van der Waals surface area (Å²) in [6.45, 7) is 0.476. The standard InChI is InChI=1S/C24H28ClN5O3S/c1-29(2)34(31,32)30-13-12-20(25)22(23-24(30)19-14-26-27-15-21(19)28-23)16-8-10-18(11-9-16)33-17-6-4-3-5-7-17/h3-7,12,15-16,18,28H,8-11,13-14H2,1-2H3/t16-,18-. The first-order valence-electron chi connectivity index (χ1n) is 11.5. The van der Waals surface area contributed by atoms with Crippen molar-refractivity contribution in [1.29, 1.82) is 0 Å².